The van der Waals surface area contributed by atoms with Crippen LogP contribution in [0.2, 0.25) is 0 Å². The number of piperidine rings is 1. The molecule has 1 N–H and O–H groups in total. The maximum Gasteiger partial charge on any atom is 0.0631 e. The second kappa shape index (κ2) is 5.96. The van der Waals surface area contributed by atoms with Crippen molar-refractivity contribution in [2.24, 2.45) is 22.7 Å². The fourth-order valence-corrected chi connectivity index (χ4v) is 4.27. The third kappa shape index (κ3) is 3.76. The number of nitrogens with zero attached hydrogens (tertiary/aromatic N) is 1. The molecular formula is C18H35NO. The van der Waals surface area contributed by atoms with Crippen molar-refractivity contribution in [3.8, 4) is 0 Å². The van der Waals surface area contributed by atoms with E-state index in [9.17, 15) is 5.11 Å². The third-order valence-corrected chi connectivity index (χ3v) is 5.95. The van der Waals surface area contributed by atoms with Crippen LogP contribution in [0.5, 0.6) is 0 Å². The van der Waals surface area contributed by atoms with Crippen molar-refractivity contribution in [1.82, 2.24) is 4.90 Å². The number of hydrogen-bond donors (Lipinski definition) is 1. The monoisotopic (exact) mass is 281 g/mol. The molecule has 1 saturated heterocycles. The number of likely N-dealkylation sites (tertiary alicyclic amines) is 1. The summed E-state index contributed by atoms with van der Waals surface area (Å²) in [5, 5.41) is 10.6. The van der Waals surface area contributed by atoms with Gasteiger partial charge in [0.25, 0.3) is 0 Å². The number of aliphatic hydroxyl groups excluding tert-OH is 1. The topological polar surface area (TPSA) is 23.5 Å². The van der Waals surface area contributed by atoms with E-state index in [1.54, 1.807) is 0 Å². The maximum absolute atomic E-state index is 10.6. The van der Waals surface area contributed by atoms with E-state index in [1.807, 2.05) is 0 Å². The lowest BCUT2D eigenvalue weighted by atomic mass is 9.69. The number of hydrogen-bond acceptors (Lipinski definition) is 2. The van der Waals surface area contributed by atoms with Gasteiger partial charge in [-0.05, 0) is 61.4 Å². The Balaban J connectivity index is 1.84. The fourth-order valence-electron chi connectivity index (χ4n) is 4.27. The molecule has 0 radical (unpaired) electrons. The largest absolute Gasteiger partial charge is 0.392 e. The normalized spacial score (nSPS) is 33.3. The van der Waals surface area contributed by atoms with E-state index in [1.165, 1.54) is 45.2 Å². The second-order valence-corrected chi connectivity index (χ2v) is 9.03. The van der Waals surface area contributed by atoms with Crippen molar-refractivity contribution < 1.29 is 5.11 Å². The van der Waals surface area contributed by atoms with Crippen LogP contribution in [0.25, 0.3) is 0 Å². The van der Waals surface area contributed by atoms with Gasteiger partial charge in [-0.1, -0.05) is 41.0 Å². The van der Waals surface area contributed by atoms with E-state index in [4.69, 9.17) is 0 Å². The maximum atomic E-state index is 10.6. The van der Waals surface area contributed by atoms with Gasteiger partial charge < -0.3 is 10.0 Å². The Morgan fingerprint density at radius 1 is 1.10 bits per heavy atom. The van der Waals surface area contributed by atoms with Crippen molar-refractivity contribution in [2.45, 2.75) is 72.8 Å². The molecule has 2 atom stereocenters. The summed E-state index contributed by atoms with van der Waals surface area (Å²) in [5.41, 5.74) is 0.574. The smallest absolute Gasteiger partial charge is 0.0631 e. The molecule has 20 heavy (non-hydrogen) atoms. The fraction of sp³-hybridized carbons (Fsp3) is 1.00. The third-order valence-electron chi connectivity index (χ3n) is 5.95. The lowest BCUT2D eigenvalue weighted by molar-refractivity contribution is -0.0470. The zero-order valence-corrected chi connectivity index (χ0v) is 14.3. The SMILES string of the molecule is CC(C)(C)C1CCN(CC2CCCC(C)(C)C2O)CC1. The van der Waals surface area contributed by atoms with Crippen molar-refractivity contribution in [3.05, 3.63) is 0 Å². The van der Waals surface area contributed by atoms with Crippen molar-refractivity contribution in [1.29, 1.82) is 0 Å². The summed E-state index contributed by atoms with van der Waals surface area (Å²) in [5.74, 6) is 1.36. The molecule has 118 valence electrons. The molecule has 1 aliphatic heterocycles. The standard InChI is InChI=1S/C18H35NO/c1-17(2,3)15-8-11-19(12-9-15)13-14-7-6-10-18(4,5)16(14)20/h14-16,20H,6-13H2,1-5H3. The molecule has 2 aliphatic rings. The molecular weight excluding hydrogens is 246 g/mol. The lowest BCUT2D eigenvalue weighted by Crippen LogP contribution is -2.47. The highest BCUT2D eigenvalue weighted by Gasteiger charge is 2.39. The Hall–Kier alpha value is -0.0800. The number of aliphatic hydroxyl groups is 1. The first kappa shape index (κ1) is 16.3. The molecule has 2 rings (SSSR count). The average molecular weight is 281 g/mol. The Morgan fingerprint density at radius 3 is 2.25 bits per heavy atom. The van der Waals surface area contributed by atoms with Gasteiger partial charge in [0.15, 0.2) is 0 Å². The molecule has 1 saturated carbocycles. The predicted molar refractivity (Wildman–Crippen MR) is 85.7 cm³/mol. The van der Waals surface area contributed by atoms with Crippen LogP contribution >= 0.6 is 0 Å². The van der Waals surface area contributed by atoms with Gasteiger partial charge in [0.05, 0.1) is 6.10 Å². The highest BCUT2D eigenvalue weighted by molar-refractivity contribution is 4.90. The molecule has 2 unspecified atom stereocenters. The van der Waals surface area contributed by atoms with Gasteiger partial charge in [0.1, 0.15) is 0 Å². The molecule has 2 heteroatoms. The van der Waals surface area contributed by atoms with Crippen LogP contribution in [0.4, 0.5) is 0 Å². The summed E-state index contributed by atoms with van der Waals surface area (Å²) in [6.45, 7) is 15.2. The molecule has 0 aromatic carbocycles. The Bertz CT molecular complexity index is 310. The van der Waals surface area contributed by atoms with Crippen LogP contribution in [-0.2, 0) is 0 Å². The highest BCUT2D eigenvalue weighted by atomic mass is 16.3. The van der Waals surface area contributed by atoms with Crippen LogP contribution in [-0.4, -0.2) is 35.7 Å². The van der Waals surface area contributed by atoms with Gasteiger partial charge in [-0.25, -0.2) is 0 Å². The van der Waals surface area contributed by atoms with Gasteiger partial charge >= 0.3 is 0 Å². The van der Waals surface area contributed by atoms with Gasteiger partial charge in [-0.15, -0.1) is 0 Å². The first-order valence-electron chi connectivity index (χ1n) is 8.60. The minimum absolute atomic E-state index is 0.114. The number of rotatable bonds is 2. The van der Waals surface area contributed by atoms with Crippen LogP contribution in [0.3, 0.4) is 0 Å². The quantitative estimate of drug-likeness (QED) is 0.829. The minimum Gasteiger partial charge on any atom is -0.392 e. The average Bonchev–Trinajstić information content (AvgIpc) is 2.34. The second-order valence-electron chi connectivity index (χ2n) is 9.03. The van der Waals surface area contributed by atoms with E-state index >= 15 is 0 Å². The van der Waals surface area contributed by atoms with Crippen LogP contribution in [0.1, 0.15) is 66.7 Å². The zero-order chi connectivity index (χ0) is 15.0. The molecule has 2 nitrogen and oxygen atoms in total. The molecule has 0 spiro atoms. The van der Waals surface area contributed by atoms with Crippen LogP contribution < -0.4 is 0 Å². The van der Waals surface area contributed by atoms with Gasteiger partial charge in [-0.3, -0.25) is 0 Å². The van der Waals surface area contributed by atoms with Crippen molar-refractivity contribution in [2.75, 3.05) is 19.6 Å². The first-order chi connectivity index (χ1) is 9.20. The molecule has 0 aromatic heterocycles. The Morgan fingerprint density at radius 2 is 1.70 bits per heavy atom. The highest BCUT2D eigenvalue weighted by Crippen LogP contribution is 2.40. The summed E-state index contributed by atoms with van der Waals surface area (Å²) < 4.78 is 0. The van der Waals surface area contributed by atoms with Crippen LogP contribution in [0, 0.1) is 22.7 Å². The van der Waals surface area contributed by atoms with E-state index in [-0.39, 0.29) is 11.5 Å². The summed E-state index contributed by atoms with van der Waals surface area (Å²) in [4.78, 5) is 2.61. The molecule has 1 aliphatic carbocycles. The summed E-state index contributed by atoms with van der Waals surface area (Å²) in [6, 6.07) is 0. The van der Waals surface area contributed by atoms with Crippen LogP contribution in [0.15, 0.2) is 0 Å². The molecule has 0 aromatic rings. The molecule has 0 amide bonds. The van der Waals surface area contributed by atoms with Crippen molar-refractivity contribution >= 4 is 0 Å². The first-order valence-corrected chi connectivity index (χ1v) is 8.60. The van der Waals surface area contributed by atoms with Crippen molar-refractivity contribution in [3.63, 3.8) is 0 Å². The predicted octanol–water partition coefficient (Wildman–Crippen LogP) is 3.93. The van der Waals surface area contributed by atoms with E-state index in [2.05, 4.69) is 39.5 Å². The van der Waals surface area contributed by atoms with E-state index < -0.39 is 0 Å². The van der Waals surface area contributed by atoms with Gasteiger partial charge in [0, 0.05) is 6.54 Å². The van der Waals surface area contributed by atoms with Gasteiger partial charge in [-0.2, -0.15) is 0 Å². The summed E-state index contributed by atoms with van der Waals surface area (Å²) >= 11 is 0. The van der Waals surface area contributed by atoms with E-state index in [0.717, 1.165) is 12.5 Å². The van der Waals surface area contributed by atoms with E-state index in [0.29, 0.717) is 11.3 Å². The zero-order valence-electron chi connectivity index (χ0n) is 14.3. The molecule has 0 bridgehead atoms. The summed E-state index contributed by atoms with van der Waals surface area (Å²) in [6.07, 6.45) is 6.22. The minimum atomic E-state index is -0.114. The lowest BCUT2D eigenvalue weighted by Gasteiger charge is -2.44. The summed E-state index contributed by atoms with van der Waals surface area (Å²) in [7, 11) is 0. The Kier molecular flexibility index (Phi) is 4.86. The van der Waals surface area contributed by atoms with Gasteiger partial charge in [0.2, 0.25) is 0 Å². The Labute approximate surface area is 125 Å². The molecule has 1 heterocycles. The molecule has 2 fully saturated rings.